The van der Waals surface area contributed by atoms with E-state index in [-0.39, 0.29) is 0 Å². The van der Waals surface area contributed by atoms with Crippen LogP contribution >= 0.6 is 12.0 Å². The molecule has 0 fully saturated rings. The van der Waals surface area contributed by atoms with Crippen molar-refractivity contribution >= 4 is 18.3 Å². The lowest BCUT2D eigenvalue weighted by Crippen LogP contribution is -1.78. The Kier molecular flexibility index (Phi) is 5.29. The fourth-order valence-electron chi connectivity index (χ4n) is 0.374. The van der Waals surface area contributed by atoms with Crippen molar-refractivity contribution in [3.05, 3.63) is 36.6 Å². The number of aldehydes is 1. The molecule has 11 heavy (non-hydrogen) atoms. The highest BCUT2D eigenvalue weighted by Gasteiger charge is 1.86. The molecular weight excluding hydrogens is 160 g/mol. The third-order valence-corrected chi connectivity index (χ3v) is 1.21. The van der Waals surface area contributed by atoms with Crippen molar-refractivity contribution in [1.29, 1.82) is 0 Å². The first-order chi connectivity index (χ1) is 5.20. The largest absolute Gasteiger partial charge is 0.427 e. The lowest BCUT2D eigenvalue weighted by Gasteiger charge is -1.96. The van der Waals surface area contributed by atoms with E-state index in [0.29, 0.717) is 17.6 Å². The van der Waals surface area contributed by atoms with Gasteiger partial charge in [0, 0.05) is 11.8 Å². The Morgan fingerprint density at radius 2 is 2.09 bits per heavy atom. The molecule has 0 aromatic heterocycles. The molecule has 0 spiro atoms. The molecule has 0 aliphatic carbocycles. The molecule has 0 rings (SSSR count). The van der Waals surface area contributed by atoms with E-state index in [9.17, 15) is 4.79 Å². The van der Waals surface area contributed by atoms with Gasteiger partial charge in [-0.25, -0.2) is 0 Å². The predicted octanol–water partition coefficient (Wildman–Crippen LogP) is 2.11. The van der Waals surface area contributed by atoms with Gasteiger partial charge in [-0.15, -0.1) is 0 Å². The number of hydrogen-bond donors (Lipinski definition) is 0. The molecule has 0 atom stereocenters. The summed E-state index contributed by atoms with van der Waals surface area (Å²) in [6, 6.07) is 0. The van der Waals surface area contributed by atoms with Gasteiger partial charge in [-0.1, -0.05) is 13.2 Å². The van der Waals surface area contributed by atoms with Crippen LogP contribution in [-0.2, 0) is 8.98 Å². The van der Waals surface area contributed by atoms with Crippen molar-refractivity contribution in [1.82, 2.24) is 0 Å². The first kappa shape index (κ1) is 10.0. The summed E-state index contributed by atoms with van der Waals surface area (Å²) >= 11 is 1.20. The van der Waals surface area contributed by atoms with Crippen LogP contribution < -0.4 is 0 Å². The van der Waals surface area contributed by atoms with Crippen LogP contribution in [0.1, 0.15) is 0 Å². The van der Waals surface area contributed by atoms with Crippen LogP contribution in [0.5, 0.6) is 0 Å². The third kappa shape index (κ3) is 5.48. The minimum absolute atomic E-state index is 0.399. The Morgan fingerprint density at radius 1 is 1.45 bits per heavy atom. The average molecular weight is 170 g/mol. The highest BCUT2D eigenvalue weighted by atomic mass is 32.2. The fraction of sp³-hybridized carbons (Fsp3) is 0.125. The van der Waals surface area contributed by atoms with E-state index in [1.54, 1.807) is 18.4 Å². The van der Waals surface area contributed by atoms with Gasteiger partial charge in [-0.3, -0.25) is 4.79 Å². The Labute approximate surface area is 70.8 Å². The van der Waals surface area contributed by atoms with Gasteiger partial charge < -0.3 is 4.18 Å². The van der Waals surface area contributed by atoms with Crippen molar-refractivity contribution in [2.45, 2.75) is 0 Å². The maximum absolute atomic E-state index is 10.0. The molecule has 0 aliphatic rings. The van der Waals surface area contributed by atoms with E-state index in [0.717, 1.165) is 0 Å². The number of allylic oxidation sites excluding steroid dienone is 3. The normalized spacial score (nSPS) is 9.55. The summed E-state index contributed by atoms with van der Waals surface area (Å²) in [6.45, 7) is 7.01. The highest BCUT2D eigenvalue weighted by molar-refractivity contribution is 7.94. The molecule has 0 radical (unpaired) electrons. The summed E-state index contributed by atoms with van der Waals surface area (Å²) in [5, 5.41) is 0. The van der Waals surface area contributed by atoms with E-state index in [1.165, 1.54) is 12.0 Å². The van der Waals surface area contributed by atoms with Crippen molar-refractivity contribution in [2.24, 2.45) is 0 Å². The standard InChI is InChI=1S/C8H10O2S/c1-7(6-9)4-5-8(2)10-11-3/h4-6H,1-2H2,3H3/b5-4-. The lowest BCUT2D eigenvalue weighted by atomic mass is 10.3. The van der Waals surface area contributed by atoms with Gasteiger partial charge >= 0.3 is 0 Å². The molecule has 60 valence electrons. The van der Waals surface area contributed by atoms with Crippen LogP contribution in [0, 0.1) is 0 Å². The molecule has 0 unspecified atom stereocenters. The van der Waals surface area contributed by atoms with Crippen molar-refractivity contribution in [3.8, 4) is 0 Å². The molecule has 0 saturated carbocycles. The topological polar surface area (TPSA) is 26.3 Å². The van der Waals surface area contributed by atoms with Gasteiger partial charge in [-0.05, 0) is 12.2 Å². The molecule has 0 aromatic rings. The van der Waals surface area contributed by atoms with Crippen LogP contribution in [0.25, 0.3) is 0 Å². The van der Waals surface area contributed by atoms with Crippen LogP contribution in [0.3, 0.4) is 0 Å². The molecule has 0 heterocycles. The number of carbonyl (C=O) groups is 1. The zero-order valence-electron chi connectivity index (χ0n) is 6.37. The Balaban J connectivity index is 3.82. The Bertz CT molecular complexity index is 194. The Hall–Kier alpha value is -0.960. The van der Waals surface area contributed by atoms with E-state index in [1.807, 2.05) is 0 Å². The van der Waals surface area contributed by atoms with Crippen molar-refractivity contribution in [3.63, 3.8) is 0 Å². The second kappa shape index (κ2) is 5.80. The Morgan fingerprint density at radius 3 is 2.55 bits per heavy atom. The summed E-state index contributed by atoms with van der Waals surface area (Å²) < 4.78 is 4.92. The monoisotopic (exact) mass is 170 g/mol. The molecule has 0 saturated heterocycles. The average Bonchev–Trinajstić information content (AvgIpc) is 2.01. The summed E-state index contributed by atoms with van der Waals surface area (Å²) in [5.41, 5.74) is 0.399. The maximum Gasteiger partial charge on any atom is 0.149 e. The molecule has 2 nitrogen and oxygen atoms in total. The minimum Gasteiger partial charge on any atom is -0.427 e. The fourth-order valence-corrected chi connectivity index (χ4v) is 0.644. The predicted molar refractivity (Wildman–Crippen MR) is 48.1 cm³/mol. The number of carbonyl (C=O) groups excluding carboxylic acids is 1. The van der Waals surface area contributed by atoms with E-state index < -0.39 is 0 Å². The van der Waals surface area contributed by atoms with Gasteiger partial charge in [0.15, 0.2) is 0 Å². The van der Waals surface area contributed by atoms with Gasteiger partial charge in [0.25, 0.3) is 0 Å². The quantitative estimate of drug-likeness (QED) is 0.208. The summed E-state index contributed by atoms with van der Waals surface area (Å²) in [4.78, 5) is 10.0. The van der Waals surface area contributed by atoms with Gasteiger partial charge in [0.05, 0.1) is 12.0 Å². The first-order valence-corrected chi connectivity index (χ1v) is 4.07. The third-order valence-electron chi connectivity index (χ3n) is 0.825. The molecule has 0 aliphatic heterocycles. The smallest absolute Gasteiger partial charge is 0.149 e. The van der Waals surface area contributed by atoms with Gasteiger partial charge in [0.1, 0.15) is 12.0 Å². The minimum atomic E-state index is 0.399. The summed E-state index contributed by atoms with van der Waals surface area (Å²) in [7, 11) is 0. The van der Waals surface area contributed by atoms with Crippen LogP contribution in [0.2, 0.25) is 0 Å². The van der Waals surface area contributed by atoms with Gasteiger partial charge in [0.2, 0.25) is 0 Å². The molecule has 3 heteroatoms. The van der Waals surface area contributed by atoms with E-state index in [2.05, 4.69) is 13.2 Å². The summed E-state index contributed by atoms with van der Waals surface area (Å²) in [5.74, 6) is 0.500. The lowest BCUT2D eigenvalue weighted by molar-refractivity contribution is -0.104. The van der Waals surface area contributed by atoms with E-state index in [4.69, 9.17) is 4.18 Å². The number of rotatable bonds is 5. The first-order valence-electron chi connectivity index (χ1n) is 2.92. The van der Waals surface area contributed by atoms with Crippen molar-refractivity contribution < 1.29 is 8.98 Å². The van der Waals surface area contributed by atoms with Crippen molar-refractivity contribution in [2.75, 3.05) is 6.26 Å². The summed E-state index contributed by atoms with van der Waals surface area (Å²) in [6.07, 6.45) is 5.59. The number of hydrogen-bond acceptors (Lipinski definition) is 3. The maximum atomic E-state index is 10.0. The molecular formula is C8H10O2S. The van der Waals surface area contributed by atoms with Crippen LogP contribution in [0.4, 0.5) is 0 Å². The second-order valence-corrected chi connectivity index (χ2v) is 2.24. The molecule has 0 bridgehead atoms. The SMILES string of the molecule is C=C(C=O)/C=C\C(=C)OSC. The van der Waals surface area contributed by atoms with Crippen LogP contribution in [0.15, 0.2) is 36.6 Å². The molecule has 0 aromatic carbocycles. The second-order valence-electron chi connectivity index (χ2n) is 1.74. The molecule has 0 amide bonds. The van der Waals surface area contributed by atoms with E-state index >= 15 is 0 Å². The zero-order chi connectivity index (χ0) is 8.69. The van der Waals surface area contributed by atoms with Gasteiger partial charge in [-0.2, -0.15) is 0 Å². The highest BCUT2D eigenvalue weighted by Crippen LogP contribution is 2.06. The van der Waals surface area contributed by atoms with Crippen LogP contribution in [-0.4, -0.2) is 12.5 Å². The zero-order valence-corrected chi connectivity index (χ0v) is 7.19. The molecule has 0 N–H and O–H groups in total.